The van der Waals surface area contributed by atoms with Crippen LogP contribution in [0.4, 0.5) is 0 Å². The molecule has 1 amide bonds. The van der Waals surface area contributed by atoms with E-state index in [4.69, 9.17) is 0 Å². The molecule has 0 radical (unpaired) electrons. The maximum atomic E-state index is 13.0. The Balaban J connectivity index is 1.61. The number of amides is 1. The number of nitrogens with zero attached hydrogens (tertiary/aromatic N) is 5. The molecule has 1 aromatic rings. The topological polar surface area (TPSA) is 65.2 Å². The van der Waals surface area contributed by atoms with E-state index in [9.17, 15) is 10.1 Å². The monoisotopic (exact) mass is 329 g/mol. The van der Waals surface area contributed by atoms with Gasteiger partial charge in [-0.05, 0) is 19.3 Å². The van der Waals surface area contributed by atoms with E-state index in [2.05, 4.69) is 16.0 Å². The summed E-state index contributed by atoms with van der Waals surface area (Å²) < 4.78 is 2.04. The minimum atomic E-state index is -0.757. The van der Waals surface area contributed by atoms with Crippen molar-refractivity contribution in [1.82, 2.24) is 19.4 Å². The molecule has 1 saturated heterocycles. The van der Waals surface area contributed by atoms with Crippen LogP contribution in [0.25, 0.3) is 0 Å². The molecule has 0 spiro atoms. The minimum Gasteiger partial charge on any atom is -0.340 e. The quantitative estimate of drug-likeness (QED) is 0.850. The highest BCUT2D eigenvalue weighted by Gasteiger charge is 2.42. The van der Waals surface area contributed by atoms with E-state index in [1.165, 1.54) is 0 Å². The van der Waals surface area contributed by atoms with Gasteiger partial charge >= 0.3 is 0 Å². The number of carbonyl (C=O) groups excluding carboxylic acids is 1. The minimum absolute atomic E-state index is 0.0727. The number of rotatable bonds is 3. The Hall–Kier alpha value is -1.87. The van der Waals surface area contributed by atoms with Crippen molar-refractivity contribution in [2.45, 2.75) is 45.1 Å². The van der Waals surface area contributed by atoms with Crippen molar-refractivity contribution >= 4 is 5.91 Å². The number of carbonyl (C=O) groups is 1. The molecule has 1 aliphatic carbocycles. The number of nitriles is 1. The van der Waals surface area contributed by atoms with Crippen molar-refractivity contribution in [3.63, 3.8) is 0 Å². The van der Waals surface area contributed by atoms with E-state index in [-0.39, 0.29) is 5.91 Å². The second kappa shape index (κ2) is 7.35. The maximum Gasteiger partial charge on any atom is 0.243 e. The summed E-state index contributed by atoms with van der Waals surface area (Å²) in [6.07, 6.45) is 9.35. The van der Waals surface area contributed by atoms with Crippen molar-refractivity contribution in [3.05, 3.63) is 18.2 Å². The van der Waals surface area contributed by atoms with Crippen molar-refractivity contribution in [2.24, 2.45) is 12.5 Å². The molecule has 1 saturated carbocycles. The van der Waals surface area contributed by atoms with Crippen LogP contribution < -0.4 is 0 Å². The van der Waals surface area contributed by atoms with Crippen LogP contribution in [0, 0.1) is 16.7 Å². The van der Waals surface area contributed by atoms with E-state index >= 15 is 0 Å². The van der Waals surface area contributed by atoms with E-state index in [0.29, 0.717) is 6.54 Å². The molecule has 1 aliphatic heterocycles. The largest absolute Gasteiger partial charge is 0.340 e. The van der Waals surface area contributed by atoms with Crippen LogP contribution in [0.3, 0.4) is 0 Å². The molecule has 24 heavy (non-hydrogen) atoms. The first kappa shape index (κ1) is 17.0. The zero-order valence-electron chi connectivity index (χ0n) is 14.6. The lowest BCUT2D eigenvalue weighted by atomic mass is 9.74. The smallest absolute Gasteiger partial charge is 0.243 e. The summed E-state index contributed by atoms with van der Waals surface area (Å²) in [5.74, 6) is 1.12. The van der Waals surface area contributed by atoms with E-state index < -0.39 is 5.41 Å². The van der Waals surface area contributed by atoms with Crippen LogP contribution in [-0.2, 0) is 18.4 Å². The van der Waals surface area contributed by atoms with Crippen molar-refractivity contribution in [2.75, 3.05) is 26.2 Å². The van der Waals surface area contributed by atoms with Crippen LogP contribution in [0.2, 0.25) is 0 Å². The summed E-state index contributed by atoms with van der Waals surface area (Å²) in [5, 5.41) is 9.65. The first-order valence-electron chi connectivity index (χ1n) is 9.04. The number of imidazole rings is 1. The van der Waals surface area contributed by atoms with Gasteiger partial charge in [-0.15, -0.1) is 0 Å². The Morgan fingerprint density at radius 3 is 2.67 bits per heavy atom. The molecule has 2 aliphatic rings. The van der Waals surface area contributed by atoms with Crippen LogP contribution in [0.1, 0.15) is 44.3 Å². The highest BCUT2D eigenvalue weighted by Crippen LogP contribution is 2.37. The lowest BCUT2D eigenvalue weighted by Crippen LogP contribution is -2.45. The van der Waals surface area contributed by atoms with Gasteiger partial charge < -0.3 is 9.47 Å². The molecule has 130 valence electrons. The van der Waals surface area contributed by atoms with Gasteiger partial charge in [-0.25, -0.2) is 4.98 Å². The SMILES string of the molecule is Cn1ccnc1CN1CCCN(C(=O)C2(C#N)CCCCC2)CC1. The summed E-state index contributed by atoms with van der Waals surface area (Å²) in [6.45, 7) is 4.11. The average molecular weight is 329 g/mol. The van der Waals surface area contributed by atoms with Crippen LogP contribution in [0.15, 0.2) is 12.4 Å². The van der Waals surface area contributed by atoms with Gasteiger partial charge in [0.1, 0.15) is 11.2 Å². The normalized spacial score (nSPS) is 21.9. The first-order chi connectivity index (χ1) is 11.6. The fraction of sp³-hybridized carbons (Fsp3) is 0.722. The summed E-state index contributed by atoms with van der Waals surface area (Å²) in [6, 6.07) is 2.37. The van der Waals surface area contributed by atoms with Gasteiger partial charge in [0.05, 0.1) is 12.6 Å². The number of hydrogen-bond donors (Lipinski definition) is 0. The lowest BCUT2D eigenvalue weighted by Gasteiger charge is -2.34. The van der Waals surface area contributed by atoms with Crippen molar-refractivity contribution in [3.8, 4) is 6.07 Å². The predicted octanol–water partition coefficient (Wildman–Crippen LogP) is 1.93. The molecule has 3 rings (SSSR count). The predicted molar refractivity (Wildman–Crippen MR) is 90.8 cm³/mol. The van der Waals surface area contributed by atoms with Crippen molar-refractivity contribution < 1.29 is 4.79 Å². The fourth-order valence-corrected chi connectivity index (χ4v) is 3.91. The Kier molecular flexibility index (Phi) is 5.20. The molecule has 2 heterocycles. The molecule has 6 nitrogen and oxygen atoms in total. The molecular formula is C18H27N5O. The summed E-state index contributed by atoms with van der Waals surface area (Å²) >= 11 is 0. The summed E-state index contributed by atoms with van der Waals surface area (Å²) in [5.41, 5.74) is -0.757. The molecule has 2 fully saturated rings. The average Bonchev–Trinajstić information content (AvgIpc) is 2.87. The van der Waals surface area contributed by atoms with Gasteiger partial charge in [0.15, 0.2) is 0 Å². The van der Waals surface area contributed by atoms with Gasteiger partial charge in [0.2, 0.25) is 5.91 Å². The van der Waals surface area contributed by atoms with Crippen molar-refractivity contribution in [1.29, 1.82) is 5.26 Å². The van der Waals surface area contributed by atoms with Crippen LogP contribution in [0.5, 0.6) is 0 Å². The third-order valence-corrected chi connectivity index (χ3v) is 5.49. The molecule has 0 N–H and O–H groups in total. The highest BCUT2D eigenvalue weighted by molar-refractivity contribution is 5.85. The molecule has 0 unspecified atom stereocenters. The van der Waals surface area contributed by atoms with Gasteiger partial charge in [-0.1, -0.05) is 19.3 Å². The molecule has 6 heteroatoms. The summed E-state index contributed by atoms with van der Waals surface area (Å²) in [4.78, 5) is 21.7. The fourth-order valence-electron chi connectivity index (χ4n) is 3.91. The third-order valence-electron chi connectivity index (χ3n) is 5.49. The van der Waals surface area contributed by atoms with Gasteiger partial charge in [0.25, 0.3) is 0 Å². The van der Waals surface area contributed by atoms with Gasteiger partial charge in [-0.2, -0.15) is 5.26 Å². The zero-order chi connectivity index (χ0) is 17.0. The molecule has 0 atom stereocenters. The number of aryl methyl sites for hydroxylation is 1. The number of aromatic nitrogens is 2. The van der Waals surface area contributed by atoms with Crippen LogP contribution >= 0.6 is 0 Å². The number of hydrogen-bond acceptors (Lipinski definition) is 4. The molecule has 0 aromatic carbocycles. The van der Waals surface area contributed by atoms with Gasteiger partial charge in [0, 0.05) is 45.6 Å². The summed E-state index contributed by atoms with van der Waals surface area (Å²) in [7, 11) is 2.01. The Labute approximate surface area is 144 Å². The molecule has 0 bridgehead atoms. The zero-order valence-corrected chi connectivity index (χ0v) is 14.6. The van der Waals surface area contributed by atoms with E-state index in [1.807, 2.05) is 28.9 Å². The highest BCUT2D eigenvalue weighted by atomic mass is 16.2. The molecular weight excluding hydrogens is 302 g/mol. The lowest BCUT2D eigenvalue weighted by molar-refractivity contribution is -0.140. The van der Waals surface area contributed by atoms with E-state index in [1.54, 1.807) is 0 Å². The van der Waals surface area contributed by atoms with Gasteiger partial charge in [-0.3, -0.25) is 9.69 Å². The Morgan fingerprint density at radius 1 is 1.21 bits per heavy atom. The molecule has 1 aromatic heterocycles. The Bertz CT molecular complexity index is 611. The third kappa shape index (κ3) is 3.46. The Morgan fingerprint density at radius 2 is 2.00 bits per heavy atom. The second-order valence-corrected chi connectivity index (χ2v) is 7.13. The first-order valence-corrected chi connectivity index (χ1v) is 9.04. The maximum absolute atomic E-state index is 13.0. The van der Waals surface area contributed by atoms with E-state index in [0.717, 1.165) is 70.5 Å². The van der Waals surface area contributed by atoms with Crippen LogP contribution in [-0.4, -0.2) is 51.4 Å². The second-order valence-electron chi connectivity index (χ2n) is 7.13. The standard InChI is InChI=1S/C18H27N5O/c1-21-11-8-20-16(21)14-22-9-5-10-23(13-12-22)17(24)18(15-19)6-3-2-4-7-18/h8,11H,2-7,9-10,12-14H2,1H3.